The van der Waals surface area contributed by atoms with Gasteiger partial charge in [0, 0.05) is 28.4 Å². The average Bonchev–Trinajstić information content (AvgIpc) is 2.95. The molecule has 2 N–H and O–H groups in total. The van der Waals surface area contributed by atoms with E-state index in [1.165, 1.54) is 27.4 Å². The summed E-state index contributed by atoms with van der Waals surface area (Å²) in [4.78, 5) is 18.3. The second-order valence-electron chi connectivity index (χ2n) is 6.95. The predicted molar refractivity (Wildman–Crippen MR) is 110 cm³/mol. The van der Waals surface area contributed by atoms with E-state index in [9.17, 15) is 4.57 Å². The molecule has 0 aliphatic rings. The van der Waals surface area contributed by atoms with Crippen LogP contribution in [0, 0.1) is 0 Å². The van der Waals surface area contributed by atoms with Crippen LogP contribution in [-0.2, 0) is 23.7 Å². The molecule has 4 nitrogen and oxygen atoms in total. The number of hydrogen-bond acceptors (Lipinski definition) is 1. The second kappa shape index (κ2) is 6.97. The first-order valence-electron chi connectivity index (χ1n) is 9.07. The van der Waals surface area contributed by atoms with Crippen molar-refractivity contribution in [3.63, 3.8) is 0 Å². The van der Waals surface area contributed by atoms with Gasteiger partial charge in [-0.3, -0.25) is 4.57 Å². The summed E-state index contributed by atoms with van der Waals surface area (Å²) in [6.07, 6.45) is 0.791. The summed E-state index contributed by atoms with van der Waals surface area (Å²) < 4.78 is 13.5. The summed E-state index contributed by atoms with van der Waals surface area (Å²) >= 11 is 0. The first-order valence-corrected chi connectivity index (χ1v) is 10.9. The number of benzene rings is 3. The topological polar surface area (TPSA) is 62.5 Å². The van der Waals surface area contributed by atoms with E-state index in [4.69, 9.17) is 9.79 Å². The Hall–Kier alpha value is -2.39. The van der Waals surface area contributed by atoms with E-state index in [1.807, 2.05) is 12.1 Å². The summed E-state index contributed by atoms with van der Waals surface area (Å²) in [5.74, 6) is 0. The number of hydrogen-bond donors (Lipinski definition) is 2. The number of fused-ring (bicyclic) bond motifs is 3. The average molecular weight is 379 g/mol. The van der Waals surface area contributed by atoms with E-state index >= 15 is 0 Å². The minimum atomic E-state index is -4.04. The number of para-hydroxylation sites is 1. The van der Waals surface area contributed by atoms with E-state index in [0.29, 0.717) is 12.1 Å². The van der Waals surface area contributed by atoms with Gasteiger partial charge in [-0.2, -0.15) is 0 Å². The molecule has 4 aromatic rings. The zero-order valence-corrected chi connectivity index (χ0v) is 16.1. The smallest absolute Gasteiger partial charge is 0.329 e. The summed E-state index contributed by atoms with van der Waals surface area (Å²) in [7, 11) is -4.04. The molecule has 0 atom stereocenters. The Balaban J connectivity index is 1.76. The zero-order valence-electron chi connectivity index (χ0n) is 15.2. The van der Waals surface area contributed by atoms with Crippen molar-refractivity contribution in [1.29, 1.82) is 0 Å². The van der Waals surface area contributed by atoms with Crippen LogP contribution in [0.4, 0.5) is 0 Å². The first-order chi connectivity index (χ1) is 12.9. The van der Waals surface area contributed by atoms with E-state index in [-0.39, 0.29) is 6.16 Å². The van der Waals surface area contributed by atoms with E-state index in [0.717, 1.165) is 12.0 Å². The molecule has 1 aromatic heterocycles. The minimum absolute atomic E-state index is 0.220. The molecule has 0 bridgehead atoms. The molecule has 0 amide bonds. The van der Waals surface area contributed by atoms with Crippen LogP contribution in [0.1, 0.15) is 23.6 Å². The van der Waals surface area contributed by atoms with Gasteiger partial charge in [0.15, 0.2) is 0 Å². The van der Waals surface area contributed by atoms with Crippen LogP contribution in [0.2, 0.25) is 0 Å². The monoisotopic (exact) mass is 379 g/mol. The maximum atomic E-state index is 11.2. The lowest BCUT2D eigenvalue weighted by atomic mass is 10.1. The van der Waals surface area contributed by atoms with Gasteiger partial charge in [0.1, 0.15) is 0 Å². The molecule has 3 aromatic carbocycles. The summed E-state index contributed by atoms with van der Waals surface area (Å²) in [5.41, 5.74) is 5.48. The first kappa shape index (κ1) is 18.0. The highest BCUT2D eigenvalue weighted by atomic mass is 31.2. The molecular weight excluding hydrogens is 357 g/mol. The van der Waals surface area contributed by atoms with Crippen LogP contribution < -0.4 is 0 Å². The third kappa shape index (κ3) is 3.70. The lowest BCUT2D eigenvalue weighted by molar-refractivity contribution is 0.371. The van der Waals surface area contributed by atoms with Crippen LogP contribution in [0.25, 0.3) is 21.8 Å². The maximum absolute atomic E-state index is 11.2. The molecule has 27 heavy (non-hydrogen) atoms. The molecule has 0 spiro atoms. The summed E-state index contributed by atoms with van der Waals surface area (Å²) in [5, 5.41) is 2.52. The number of nitrogens with zero attached hydrogens (tertiary/aromatic N) is 1. The van der Waals surface area contributed by atoms with Gasteiger partial charge in [-0.15, -0.1) is 0 Å². The van der Waals surface area contributed by atoms with Gasteiger partial charge >= 0.3 is 7.60 Å². The Kier molecular flexibility index (Phi) is 4.65. The molecule has 0 aliphatic carbocycles. The second-order valence-corrected chi connectivity index (χ2v) is 8.59. The lowest BCUT2D eigenvalue weighted by Crippen LogP contribution is -1.99. The fourth-order valence-corrected chi connectivity index (χ4v) is 4.35. The number of aryl methyl sites for hydroxylation is 1. The largest absolute Gasteiger partial charge is 0.336 e. The minimum Gasteiger partial charge on any atom is -0.336 e. The summed E-state index contributed by atoms with van der Waals surface area (Å²) in [6.45, 7) is 2.88. The molecule has 0 saturated heterocycles. The standard InChI is InChI=1S/C22H22NO3P/c1-2-16-11-12-22-20(13-16)19-5-3-4-6-21(19)23(22)14-17-7-9-18(10-8-17)15-27(24,25)26/h3-13H,2,14-15H2,1H3,(H2,24,25,26). The van der Waals surface area contributed by atoms with Gasteiger partial charge in [0.2, 0.25) is 0 Å². The van der Waals surface area contributed by atoms with Crippen molar-refractivity contribution in [3.05, 3.63) is 83.4 Å². The van der Waals surface area contributed by atoms with Gasteiger partial charge in [0.25, 0.3) is 0 Å². The Morgan fingerprint density at radius 1 is 0.815 bits per heavy atom. The highest BCUT2D eigenvalue weighted by molar-refractivity contribution is 7.50. The van der Waals surface area contributed by atoms with Crippen LogP contribution in [0.5, 0.6) is 0 Å². The maximum Gasteiger partial charge on any atom is 0.329 e. The number of aromatic nitrogens is 1. The third-order valence-electron chi connectivity index (χ3n) is 5.00. The van der Waals surface area contributed by atoms with Crippen molar-refractivity contribution in [2.75, 3.05) is 0 Å². The van der Waals surface area contributed by atoms with Crippen molar-refractivity contribution < 1.29 is 14.4 Å². The van der Waals surface area contributed by atoms with Crippen LogP contribution >= 0.6 is 7.60 Å². The molecular formula is C22H22NO3P. The van der Waals surface area contributed by atoms with E-state index in [1.54, 1.807) is 12.1 Å². The Labute approximate surface area is 158 Å². The molecule has 0 fully saturated rings. The molecule has 1 heterocycles. The van der Waals surface area contributed by atoms with Crippen molar-refractivity contribution in [3.8, 4) is 0 Å². The Morgan fingerprint density at radius 2 is 1.44 bits per heavy atom. The van der Waals surface area contributed by atoms with Gasteiger partial charge < -0.3 is 14.4 Å². The molecule has 0 unspecified atom stereocenters. The highest BCUT2D eigenvalue weighted by Gasteiger charge is 2.14. The SMILES string of the molecule is CCc1ccc2c(c1)c1ccccc1n2Cc1ccc(CP(=O)(O)O)cc1. The van der Waals surface area contributed by atoms with Gasteiger partial charge in [0.05, 0.1) is 6.16 Å². The van der Waals surface area contributed by atoms with Crippen molar-refractivity contribution in [2.24, 2.45) is 0 Å². The van der Waals surface area contributed by atoms with Crippen molar-refractivity contribution in [1.82, 2.24) is 4.57 Å². The van der Waals surface area contributed by atoms with Crippen molar-refractivity contribution in [2.45, 2.75) is 26.1 Å². The molecule has 138 valence electrons. The highest BCUT2D eigenvalue weighted by Crippen LogP contribution is 2.39. The fraction of sp³-hybridized carbons (Fsp3) is 0.182. The lowest BCUT2D eigenvalue weighted by Gasteiger charge is -2.10. The zero-order chi connectivity index (χ0) is 19.0. The van der Waals surface area contributed by atoms with Gasteiger partial charge in [-0.05, 0) is 41.3 Å². The van der Waals surface area contributed by atoms with Crippen LogP contribution in [0.15, 0.2) is 66.7 Å². The van der Waals surface area contributed by atoms with Crippen LogP contribution in [0.3, 0.4) is 0 Å². The fourth-order valence-electron chi connectivity index (χ4n) is 3.66. The molecule has 5 heteroatoms. The Morgan fingerprint density at radius 3 is 2.15 bits per heavy atom. The van der Waals surface area contributed by atoms with Crippen LogP contribution in [-0.4, -0.2) is 14.4 Å². The van der Waals surface area contributed by atoms with Gasteiger partial charge in [-0.25, -0.2) is 0 Å². The Bertz CT molecular complexity index is 1160. The molecule has 0 aliphatic heterocycles. The summed E-state index contributed by atoms with van der Waals surface area (Å²) in [6, 6.07) is 22.6. The van der Waals surface area contributed by atoms with E-state index < -0.39 is 7.60 Å². The third-order valence-corrected chi connectivity index (χ3v) is 5.77. The van der Waals surface area contributed by atoms with Crippen molar-refractivity contribution >= 4 is 29.4 Å². The predicted octanol–water partition coefficient (Wildman–Crippen LogP) is 5.08. The molecule has 0 radical (unpaired) electrons. The quantitative estimate of drug-likeness (QED) is 0.475. The number of rotatable bonds is 5. The van der Waals surface area contributed by atoms with Gasteiger partial charge in [-0.1, -0.05) is 55.5 Å². The molecule has 0 saturated carbocycles. The molecule has 4 rings (SSSR count). The normalized spacial score (nSPS) is 12.1. The van der Waals surface area contributed by atoms with E-state index in [2.05, 4.69) is 54.0 Å².